The summed E-state index contributed by atoms with van der Waals surface area (Å²) in [6, 6.07) is 9.74. The SMILES string of the molecule is CC(C)[C@]1(C(=O)Nc2ccc(CC#N)cc2)CCC[C@@H](C)C1. The number of carbonyl (C=O) groups is 1. The van der Waals surface area contributed by atoms with E-state index in [4.69, 9.17) is 5.26 Å². The van der Waals surface area contributed by atoms with Crippen molar-refractivity contribution in [1.82, 2.24) is 0 Å². The van der Waals surface area contributed by atoms with Gasteiger partial charge in [-0.2, -0.15) is 5.26 Å². The molecule has 0 heterocycles. The number of hydrogen-bond donors (Lipinski definition) is 1. The van der Waals surface area contributed by atoms with Crippen molar-refractivity contribution in [3.8, 4) is 6.07 Å². The quantitative estimate of drug-likeness (QED) is 0.887. The van der Waals surface area contributed by atoms with E-state index in [0.29, 0.717) is 18.3 Å². The lowest BCUT2D eigenvalue weighted by Gasteiger charge is -2.42. The van der Waals surface area contributed by atoms with E-state index in [1.807, 2.05) is 24.3 Å². The summed E-state index contributed by atoms with van der Waals surface area (Å²) in [5, 5.41) is 11.8. The van der Waals surface area contributed by atoms with E-state index >= 15 is 0 Å². The van der Waals surface area contributed by atoms with Gasteiger partial charge in [0, 0.05) is 5.69 Å². The van der Waals surface area contributed by atoms with Crippen molar-refractivity contribution in [3.63, 3.8) is 0 Å². The van der Waals surface area contributed by atoms with Crippen LogP contribution in [0.4, 0.5) is 5.69 Å². The summed E-state index contributed by atoms with van der Waals surface area (Å²) in [4.78, 5) is 12.9. The summed E-state index contributed by atoms with van der Waals surface area (Å²) in [5.74, 6) is 1.11. The molecule has 0 unspecified atom stereocenters. The second-order valence-electron chi connectivity index (χ2n) is 7.00. The molecule has 2 atom stereocenters. The molecule has 1 fully saturated rings. The largest absolute Gasteiger partial charge is 0.326 e. The Kier molecular flexibility index (Phi) is 5.24. The number of rotatable bonds is 4. The van der Waals surface area contributed by atoms with Crippen LogP contribution in [-0.4, -0.2) is 5.91 Å². The number of nitrogens with one attached hydrogen (secondary N) is 1. The monoisotopic (exact) mass is 298 g/mol. The molecule has 0 bridgehead atoms. The molecule has 0 radical (unpaired) electrons. The minimum absolute atomic E-state index is 0.155. The fourth-order valence-corrected chi connectivity index (χ4v) is 3.64. The van der Waals surface area contributed by atoms with Crippen molar-refractivity contribution >= 4 is 11.6 Å². The molecular formula is C19H26N2O. The van der Waals surface area contributed by atoms with Crippen LogP contribution in [0, 0.1) is 28.6 Å². The predicted molar refractivity (Wildman–Crippen MR) is 89.3 cm³/mol. The Morgan fingerprint density at radius 2 is 2.09 bits per heavy atom. The Morgan fingerprint density at radius 3 is 2.64 bits per heavy atom. The van der Waals surface area contributed by atoms with Gasteiger partial charge in [-0.15, -0.1) is 0 Å². The Bertz CT molecular complexity index is 556. The van der Waals surface area contributed by atoms with E-state index in [0.717, 1.165) is 30.5 Å². The fraction of sp³-hybridized carbons (Fsp3) is 0.579. The summed E-state index contributed by atoms with van der Waals surface area (Å²) >= 11 is 0. The first-order chi connectivity index (χ1) is 10.5. The number of hydrogen-bond acceptors (Lipinski definition) is 2. The zero-order valence-corrected chi connectivity index (χ0v) is 13.9. The van der Waals surface area contributed by atoms with E-state index in [9.17, 15) is 4.79 Å². The molecule has 1 saturated carbocycles. The standard InChI is InChI=1S/C19H26N2O/c1-14(2)19(11-4-5-15(3)13-19)18(22)21-17-8-6-16(7-9-17)10-12-20/h6-9,14-15H,4-5,10-11,13H2,1-3H3,(H,21,22)/t15-,19+/m1/s1. The van der Waals surface area contributed by atoms with Crippen LogP contribution in [0.3, 0.4) is 0 Å². The smallest absolute Gasteiger partial charge is 0.230 e. The van der Waals surface area contributed by atoms with Crippen LogP contribution in [0.15, 0.2) is 24.3 Å². The van der Waals surface area contributed by atoms with Crippen LogP contribution in [0.2, 0.25) is 0 Å². The highest BCUT2D eigenvalue weighted by Crippen LogP contribution is 2.45. The molecule has 1 amide bonds. The Labute approximate surface area is 133 Å². The van der Waals surface area contributed by atoms with Gasteiger partial charge < -0.3 is 5.32 Å². The van der Waals surface area contributed by atoms with Gasteiger partial charge in [0.05, 0.1) is 17.9 Å². The summed E-state index contributed by atoms with van der Waals surface area (Å²) < 4.78 is 0. The summed E-state index contributed by atoms with van der Waals surface area (Å²) in [5.41, 5.74) is 1.55. The zero-order valence-electron chi connectivity index (χ0n) is 13.9. The third-order valence-electron chi connectivity index (χ3n) is 5.08. The number of anilines is 1. The maximum atomic E-state index is 12.9. The second-order valence-corrected chi connectivity index (χ2v) is 7.00. The van der Waals surface area contributed by atoms with Crippen molar-refractivity contribution in [2.24, 2.45) is 17.3 Å². The normalized spacial score (nSPS) is 24.8. The van der Waals surface area contributed by atoms with Crippen LogP contribution < -0.4 is 5.32 Å². The van der Waals surface area contributed by atoms with Gasteiger partial charge >= 0.3 is 0 Å². The molecule has 3 nitrogen and oxygen atoms in total. The first-order valence-corrected chi connectivity index (χ1v) is 8.25. The molecule has 1 N–H and O–H groups in total. The Hall–Kier alpha value is -1.82. The van der Waals surface area contributed by atoms with Crippen molar-refractivity contribution in [3.05, 3.63) is 29.8 Å². The second kappa shape index (κ2) is 6.96. The number of nitrogens with zero attached hydrogens (tertiary/aromatic N) is 1. The van der Waals surface area contributed by atoms with Gasteiger partial charge in [-0.3, -0.25) is 4.79 Å². The fourth-order valence-electron chi connectivity index (χ4n) is 3.64. The van der Waals surface area contributed by atoms with Crippen LogP contribution >= 0.6 is 0 Å². The van der Waals surface area contributed by atoms with Gasteiger partial charge in [-0.05, 0) is 42.4 Å². The van der Waals surface area contributed by atoms with Gasteiger partial charge in [0.2, 0.25) is 5.91 Å². The molecule has 118 valence electrons. The van der Waals surface area contributed by atoms with Crippen LogP contribution in [-0.2, 0) is 11.2 Å². The van der Waals surface area contributed by atoms with E-state index in [1.165, 1.54) is 6.42 Å². The number of benzene rings is 1. The van der Waals surface area contributed by atoms with Crippen molar-refractivity contribution in [1.29, 1.82) is 5.26 Å². The lowest BCUT2D eigenvalue weighted by molar-refractivity contribution is -0.131. The Morgan fingerprint density at radius 1 is 1.41 bits per heavy atom. The zero-order chi connectivity index (χ0) is 16.2. The van der Waals surface area contributed by atoms with Gasteiger partial charge in [-0.1, -0.05) is 45.7 Å². The summed E-state index contributed by atoms with van der Waals surface area (Å²) in [6.45, 7) is 6.57. The first-order valence-electron chi connectivity index (χ1n) is 8.25. The third kappa shape index (κ3) is 3.50. The highest BCUT2D eigenvalue weighted by molar-refractivity contribution is 5.95. The molecule has 0 saturated heterocycles. The van der Waals surface area contributed by atoms with Crippen LogP contribution in [0.1, 0.15) is 52.0 Å². The van der Waals surface area contributed by atoms with Crippen molar-refractivity contribution < 1.29 is 4.79 Å². The van der Waals surface area contributed by atoms with Crippen LogP contribution in [0.25, 0.3) is 0 Å². The minimum Gasteiger partial charge on any atom is -0.326 e. The van der Waals surface area contributed by atoms with Crippen LogP contribution in [0.5, 0.6) is 0 Å². The van der Waals surface area contributed by atoms with E-state index in [1.54, 1.807) is 0 Å². The van der Waals surface area contributed by atoms with E-state index in [-0.39, 0.29) is 11.3 Å². The van der Waals surface area contributed by atoms with Gasteiger partial charge in [-0.25, -0.2) is 0 Å². The summed E-state index contributed by atoms with van der Waals surface area (Å²) in [7, 11) is 0. The lowest BCUT2D eigenvalue weighted by atomic mass is 9.63. The maximum absolute atomic E-state index is 12.9. The third-order valence-corrected chi connectivity index (χ3v) is 5.08. The van der Waals surface area contributed by atoms with E-state index in [2.05, 4.69) is 32.2 Å². The number of carbonyl (C=O) groups excluding carboxylic acids is 1. The average Bonchev–Trinajstić information content (AvgIpc) is 2.49. The van der Waals surface area contributed by atoms with E-state index < -0.39 is 0 Å². The molecule has 2 rings (SSSR count). The number of amides is 1. The molecule has 1 aliphatic rings. The average molecular weight is 298 g/mol. The lowest BCUT2D eigenvalue weighted by Crippen LogP contribution is -2.44. The highest BCUT2D eigenvalue weighted by atomic mass is 16.2. The first kappa shape index (κ1) is 16.5. The molecule has 22 heavy (non-hydrogen) atoms. The molecule has 1 aromatic rings. The topological polar surface area (TPSA) is 52.9 Å². The maximum Gasteiger partial charge on any atom is 0.230 e. The van der Waals surface area contributed by atoms with Crippen molar-refractivity contribution in [2.75, 3.05) is 5.32 Å². The minimum atomic E-state index is -0.247. The molecule has 1 aliphatic carbocycles. The Balaban J connectivity index is 2.13. The molecule has 1 aromatic carbocycles. The highest BCUT2D eigenvalue weighted by Gasteiger charge is 2.44. The molecule has 3 heteroatoms. The molecule has 0 spiro atoms. The molecular weight excluding hydrogens is 272 g/mol. The molecule has 0 aromatic heterocycles. The van der Waals surface area contributed by atoms with Gasteiger partial charge in [0.15, 0.2) is 0 Å². The van der Waals surface area contributed by atoms with Gasteiger partial charge in [0.1, 0.15) is 0 Å². The van der Waals surface area contributed by atoms with Gasteiger partial charge in [0.25, 0.3) is 0 Å². The van der Waals surface area contributed by atoms with Crippen molar-refractivity contribution in [2.45, 2.75) is 52.9 Å². The number of nitriles is 1. The predicted octanol–water partition coefficient (Wildman–Crippen LogP) is 4.54. The molecule has 0 aliphatic heterocycles. The summed E-state index contributed by atoms with van der Waals surface area (Å²) in [6.07, 6.45) is 4.72.